The third kappa shape index (κ3) is 2.93. The lowest BCUT2D eigenvalue weighted by molar-refractivity contribution is -0.123. The van der Waals surface area contributed by atoms with E-state index in [1.807, 2.05) is 0 Å². The molecule has 5 rings (SSSR count). The first kappa shape index (κ1) is 19.7. The average Bonchev–Trinajstić information content (AvgIpc) is 3.52. The first-order chi connectivity index (χ1) is 15.1. The van der Waals surface area contributed by atoms with E-state index in [4.69, 9.17) is 9.15 Å². The Morgan fingerprint density at radius 3 is 2.81 bits per heavy atom. The highest BCUT2D eigenvalue weighted by atomic mass is 32.2. The van der Waals surface area contributed by atoms with Crippen molar-refractivity contribution in [3.05, 3.63) is 83.6 Å². The Bertz CT molecular complexity index is 1170. The molecule has 6 nitrogen and oxygen atoms in total. The Balaban J connectivity index is 1.63. The van der Waals surface area contributed by atoms with Crippen LogP contribution in [-0.2, 0) is 16.2 Å². The number of anilines is 1. The highest BCUT2D eigenvalue weighted by molar-refractivity contribution is 8.01. The van der Waals surface area contributed by atoms with Crippen LogP contribution in [0.15, 0.2) is 65.3 Å². The third-order valence-corrected chi connectivity index (χ3v) is 7.08. The van der Waals surface area contributed by atoms with Gasteiger partial charge in [-0.1, -0.05) is 18.2 Å². The third-order valence-electron chi connectivity index (χ3n) is 5.66. The number of fused-ring (bicyclic) bond motifs is 2. The quantitative estimate of drug-likeness (QED) is 0.616. The van der Waals surface area contributed by atoms with Crippen LogP contribution in [0.5, 0.6) is 5.75 Å². The smallest absolute Gasteiger partial charge is 0.291 e. The zero-order valence-corrected chi connectivity index (χ0v) is 17.5. The van der Waals surface area contributed by atoms with Crippen LogP contribution in [-0.4, -0.2) is 36.1 Å². The predicted molar refractivity (Wildman–Crippen MR) is 114 cm³/mol. The van der Waals surface area contributed by atoms with Crippen LogP contribution >= 0.6 is 11.8 Å². The van der Waals surface area contributed by atoms with E-state index in [-0.39, 0.29) is 29.9 Å². The Kier molecular flexibility index (Phi) is 4.74. The molecule has 3 aromatic rings. The van der Waals surface area contributed by atoms with Gasteiger partial charge in [0, 0.05) is 23.4 Å². The number of rotatable bonds is 4. The van der Waals surface area contributed by atoms with Gasteiger partial charge in [0.25, 0.3) is 11.8 Å². The summed E-state index contributed by atoms with van der Waals surface area (Å²) in [6, 6.07) is 14.9. The number of amides is 2. The summed E-state index contributed by atoms with van der Waals surface area (Å²) in [5, 5.41) is 0. The monoisotopic (exact) mass is 438 g/mol. The van der Waals surface area contributed by atoms with Crippen molar-refractivity contribution < 1.29 is 23.1 Å². The Morgan fingerprint density at radius 1 is 1.23 bits per heavy atom. The van der Waals surface area contributed by atoms with Crippen LogP contribution in [0, 0.1) is 5.82 Å². The van der Waals surface area contributed by atoms with Crippen LogP contribution < -0.4 is 9.64 Å². The molecule has 158 valence electrons. The fraction of sp³-hybridized carbons (Fsp3) is 0.217. The zero-order chi connectivity index (χ0) is 21.6. The van der Waals surface area contributed by atoms with Crippen LogP contribution in [0.25, 0.3) is 0 Å². The number of hydrogen-bond donors (Lipinski definition) is 0. The summed E-state index contributed by atoms with van der Waals surface area (Å²) < 4.78 is 25.1. The minimum atomic E-state index is -1.25. The van der Waals surface area contributed by atoms with Gasteiger partial charge in [0.2, 0.25) is 0 Å². The van der Waals surface area contributed by atoms with Gasteiger partial charge in [-0.05, 0) is 36.4 Å². The molecular formula is C23H19FN2O4S. The number of nitrogens with zero attached hydrogens (tertiary/aromatic N) is 2. The molecule has 1 spiro atoms. The molecule has 3 heterocycles. The van der Waals surface area contributed by atoms with Crippen molar-refractivity contribution in [2.24, 2.45) is 0 Å². The molecule has 31 heavy (non-hydrogen) atoms. The van der Waals surface area contributed by atoms with E-state index in [9.17, 15) is 14.0 Å². The Hall–Kier alpha value is -3.26. The van der Waals surface area contributed by atoms with Gasteiger partial charge in [-0.2, -0.15) is 0 Å². The largest absolute Gasteiger partial charge is 0.497 e. The average molecular weight is 438 g/mol. The van der Waals surface area contributed by atoms with Crippen LogP contribution in [0.1, 0.15) is 21.7 Å². The lowest BCUT2D eigenvalue weighted by atomic mass is 10.0. The molecule has 2 aliphatic rings. The van der Waals surface area contributed by atoms with Gasteiger partial charge in [0.1, 0.15) is 11.6 Å². The molecule has 0 radical (unpaired) electrons. The Labute approximate surface area is 182 Å². The summed E-state index contributed by atoms with van der Waals surface area (Å²) in [6.07, 6.45) is 1.43. The van der Waals surface area contributed by atoms with E-state index < -0.39 is 4.87 Å². The van der Waals surface area contributed by atoms with Gasteiger partial charge < -0.3 is 19.0 Å². The summed E-state index contributed by atoms with van der Waals surface area (Å²) in [4.78, 5) is 29.0. The number of carbonyl (C=O) groups is 2. The zero-order valence-electron chi connectivity index (χ0n) is 16.7. The van der Waals surface area contributed by atoms with Gasteiger partial charge in [-0.25, -0.2) is 4.39 Å². The van der Waals surface area contributed by atoms with Crippen molar-refractivity contribution >= 4 is 29.3 Å². The van der Waals surface area contributed by atoms with E-state index in [2.05, 4.69) is 0 Å². The van der Waals surface area contributed by atoms with Crippen molar-refractivity contribution in [1.29, 1.82) is 0 Å². The van der Waals surface area contributed by atoms with E-state index in [0.29, 0.717) is 34.9 Å². The van der Waals surface area contributed by atoms with E-state index in [0.717, 1.165) is 0 Å². The number of thioether (sulfide) groups is 1. The maximum absolute atomic E-state index is 14.4. The summed E-state index contributed by atoms with van der Waals surface area (Å²) in [7, 11) is 1.55. The number of ether oxygens (including phenoxy) is 1. The fourth-order valence-electron chi connectivity index (χ4n) is 4.21. The summed E-state index contributed by atoms with van der Waals surface area (Å²) in [5.74, 6) is 0.325. The number of carbonyl (C=O) groups excluding carboxylic acids is 2. The van der Waals surface area contributed by atoms with Crippen molar-refractivity contribution in [2.45, 2.75) is 11.4 Å². The lowest BCUT2D eigenvalue weighted by Crippen LogP contribution is -2.50. The SMILES string of the molecule is COc1ccc2c(c1)[C@]1(SCCN1C(=O)c1ccco1)C(=O)N2Cc1ccccc1F. The van der Waals surface area contributed by atoms with Crippen molar-refractivity contribution in [1.82, 2.24) is 4.90 Å². The fourth-order valence-corrected chi connectivity index (χ4v) is 5.66. The predicted octanol–water partition coefficient (Wildman–Crippen LogP) is 4.02. The van der Waals surface area contributed by atoms with Crippen molar-refractivity contribution in [3.8, 4) is 5.75 Å². The molecule has 0 saturated carbocycles. The van der Waals surface area contributed by atoms with Crippen LogP contribution in [0.3, 0.4) is 0 Å². The number of hydrogen-bond acceptors (Lipinski definition) is 5. The first-order valence-corrected chi connectivity index (χ1v) is 10.8. The summed E-state index contributed by atoms with van der Waals surface area (Å²) in [5.41, 5.74) is 1.71. The molecule has 1 saturated heterocycles. The highest BCUT2D eigenvalue weighted by Gasteiger charge is 2.60. The maximum Gasteiger partial charge on any atom is 0.291 e. The number of methoxy groups -OCH3 is 1. The van der Waals surface area contributed by atoms with E-state index >= 15 is 0 Å². The van der Waals surface area contributed by atoms with E-state index in [1.54, 1.807) is 65.4 Å². The second kappa shape index (κ2) is 7.46. The van der Waals surface area contributed by atoms with Crippen molar-refractivity contribution in [3.63, 3.8) is 0 Å². The normalized spacial score (nSPS) is 19.9. The second-order valence-electron chi connectivity index (χ2n) is 7.29. The highest BCUT2D eigenvalue weighted by Crippen LogP contribution is 2.55. The topological polar surface area (TPSA) is 63.0 Å². The molecule has 2 amide bonds. The number of halogens is 1. The molecule has 0 bridgehead atoms. The van der Waals surface area contributed by atoms with Gasteiger partial charge in [0.15, 0.2) is 10.6 Å². The van der Waals surface area contributed by atoms with Gasteiger partial charge in [-0.15, -0.1) is 11.8 Å². The maximum atomic E-state index is 14.4. The molecule has 0 unspecified atom stereocenters. The minimum absolute atomic E-state index is 0.0654. The summed E-state index contributed by atoms with van der Waals surface area (Å²) >= 11 is 1.40. The molecule has 1 fully saturated rings. The molecule has 0 aliphatic carbocycles. The Morgan fingerprint density at radius 2 is 2.06 bits per heavy atom. The molecule has 1 aromatic heterocycles. The van der Waals surface area contributed by atoms with E-state index in [1.165, 1.54) is 24.1 Å². The molecule has 0 N–H and O–H groups in total. The number of furan rings is 1. The van der Waals surface area contributed by atoms with Crippen LogP contribution in [0.4, 0.5) is 10.1 Å². The number of benzene rings is 2. The molecular weight excluding hydrogens is 419 g/mol. The molecule has 2 aliphatic heterocycles. The van der Waals surface area contributed by atoms with Gasteiger partial charge >= 0.3 is 0 Å². The molecule has 1 atom stereocenters. The van der Waals surface area contributed by atoms with Gasteiger partial charge in [-0.3, -0.25) is 9.59 Å². The minimum Gasteiger partial charge on any atom is -0.497 e. The standard InChI is InChI=1S/C23H19FN2O4S/c1-29-16-8-9-19-17(13-16)23(22(28)25(19)14-15-5-2-3-6-18(15)24)26(10-12-31-23)21(27)20-7-4-11-30-20/h2-9,11,13H,10,12,14H2,1H3/t23-/m0/s1. The molecule has 2 aromatic carbocycles. The van der Waals surface area contributed by atoms with Gasteiger partial charge in [0.05, 0.1) is 25.6 Å². The summed E-state index contributed by atoms with van der Waals surface area (Å²) in [6.45, 7) is 0.454. The second-order valence-corrected chi connectivity index (χ2v) is 8.58. The van der Waals surface area contributed by atoms with Crippen molar-refractivity contribution in [2.75, 3.05) is 24.3 Å². The molecule has 8 heteroatoms. The lowest BCUT2D eigenvalue weighted by Gasteiger charge is -2.32. The first-order valence-electron chi connectivity index (χ1n) is 9.79. The van der Waals surface area contributed by atoms with Crippen LogP contribution in [0.2, 0.25) is 0 Å².